The van der Waals surface area contributed by atoms with Crippen molar-refractivity contribution >= 4 is 23.7 Å². The van der Waals surface area contributed by atoms with Gasteiger partial charge in [0.25, 0.3) is 0 Å². The van der Waals surface area contributed by atoms with Gasteiger partial charge in [0.05, 0.1) is 6.04 Å². The van der Waals surface area contributed by atoms with Crippen molar-refractivity contribution in [3.8, 4) is 0 Å². The molecule has 11 heteroatoms. The van der Waals surface area contributed by atoms with Gasteiger partial charge >= 0.3 is 5.97 Å². The second-order valence-corrected chi connectivity index (χ2v) is 8.50. The normalized spacial score (nSPS) is 14.8. The Bertz CT molecular complexity index is 601. The summed E-state index contributed by atoms with van der Waals surface area (Å²) >= 11 is 0. The molecule has 0 aromatic carbocycles. The van der Waals surface area contributed by atoms with E-state index in [9.17, 15) is 24.3 Å². The number of hydrogen-bond acceptors (Lipinski definition) is 7. The van der Waals surface area contributed by atoms with Crippen molar-refractivity contribution in [2.24, 2.45) is 23.1 Å². The van der Waals surface area contributed by atoms with Gasteiger partial charge in [-0.1, -0.05) is 20.3 Å². The van der Waals surface area contributed by atoms with Gasteiger partial charge < -0.3 is 38.3 Å². The SMILES string of the molecule is CC(C)CC(NC(=O)C(C)NC(=O)C(N)CCCCN)C(=O)NC(CCCCN)C(=O)O. The topological polar surface area (TPSA) is 203 Å². The summed E-state index contributed by atoms with van der Waals surface area (Å²) in [6.45, 7) is 6.22. The van der Waals surface area contributed by atoms with Crippen molar-refractivity contribution in [1.29, 1.82) is 0 Å². The number of rotatable bonds is 17. The molecule has 11 nitrogen and oxygen atoms in total. The van der Waals surface area contributed by atoms with Crippen LogP contribution in [-0.2, 0) is 19.2 Å². The molecule has 0 radical (unpaired) electrons. The first-order valence-corrected chi connectivity index (χ1v) is 11.3. The molecule has 0 saturated carbocycles. The van der Waals surface area contributed by atoms with E-state index < -0.39 is 47.9 Å². The molecule has 0 heterocycles. The molecule has 0 bridgehead atoms. The average molecular weight is 459 g/mol. The maximum absolute atomic E-state index is 12.7. The molecule has 3 amide bonds. The predicted molar refractivity (Wildman–Crippen MR) is 122 cm³/mol. The van der Waals surface area contributed by atoms with Crippen LogP contribution in [0.1, 0.15) is 65.7 Å². The van der Waals surface area contributed by atoms with Crippen LogP contribution in [0.15, 0.2) is 0 Å². The van der Waals surface area contributed by atoms with Gasteiger partial charge in [0.1, 0.15) is 18.1 Å². The lowest BCUT2D eigenvalue weighted by Gasteiger charge is -2.25. The van der Waals surface area contributed by atoms with Crippen LogP contribution in [-0.4, -0.2) is 66.1 Å². The molecule has 186 valence electrons. The molecule has 0 aliphatic carbocycles. The molecule has 0 aliphatic heterocycles. The highest BCUT2D eigenvalue weighted by atomic mass is 16.4. The molecule has 4 atom stereocenters. The number of carbonyl (C=O) groups excluding carboxylic acids is 3. The third-order valence-corrected chi connectivity index (χ3v) is 4.96. The number of carbonyl (C=O) groups is 4. The minimum absolute atomic E-state index is 0.0624. The first kappa shape index (κ1) is 29.8. The molecule has 4 unspecified atom stereocenters. The Morgan fingerprint density at radius 2 is 1.28 bits per heavy atom. The van der Waals surface area contributed by atoms with Crippen molar-refractivity contribution in [3.63, 3.8) is 0 Å². The van der Waals surface area contributed by atoms with Crippen molar-refractivity contribution in [3.05, 3.63) is 0 Å². The van der Waals surface area contributed by atoms with Crippen molar-refractivity contribution in [1.82, 2.24) is 16.0 Å². The van der Waals surface area contributed by atoms with Gasteiger partial charge in [-0.3, -0.25) is 14.4 Å². The van der Waals surface area contributed by atoms with Gasteiger partial charge in [-0.2, -0.15) is 0 Å². The van der Waals surface area contributed by atoms with E-state index in [1.165, 1.54) is 6.92 Å². The van der Waals surface area contributed by atoms with E-state index in [0.717, 1.165) is 6.42 Å². The number of carboxylic acid groups (broad SMARTS) is 1. The lowest BCUT2D eigenvalue weighted by Crippen LogP contribution is -2.56. The van der Waals surface area contributed by atoms with Gasteiger partial charge in [-0.05, 0) is 64.5 Å². The Balaban J connectivity index is 4.97. The highest BCUT2D eigenvalue weighted by molar-refractivity contribution is 5.93. The zero-order valence-corrected chi connectivity index (χ0v) is 19.6. The monoisotopic (exact) mass is 458 g/mol. The van der Waals surface area contributed by atoms with E-state index in [-0.39, 0.29) is 12.3 Å². The van der Waals surface area contributed by atoms with Crippen LogP contribution in [0.4, 0.5) is 0 Å². The molecule has 0 aliphatic rings. The number of unbranched alkanes of at least 4 members (excludes halogenated alkanes) is 2. The van der Waals surface area contributed by atoms with Crippen molar-refractivity contribution in [2.75, 3.05) is 13.1 Å². The lowest BCUT2D eigenvalue weighted by atomic mass is 10.0. The van der Waals surface area contributed by atoms with Crippen LogP contribution in [0.2, 0.25) is 0 Å². The molecule has 0 aromatic rings. The summed E-state index contributed by atoms with van der Waals surface area (Å²) in [4.78, 5) is 49.0. The van der Waals surface area contributed by atoms with Crippen LogP contribution in [0.3, 0.4) is 0 Å². The van der Waals surface area contributed by atoms with E-state index in [4.69, 9.17) is 17.2 Å². The van der Waals surface area contributed by atoms with E-state index in [1.54, 1.807) is 0 Å². The summed E-state index contributed by atoms with van der Waals surface area (Å²) in [7, 11) is 0. The highest BCUT2D eigenvalue weighted by Gasteiger charge is 2.29. The minimum Gasteiger partial charge on any atom is -0.480 e. The number of hydrogen-bond donors (Lipinski definition) is 7. The van der Waals surface area contributed by atoms with Gasteiger partial charge in [0, 0.05) is 0 Å². The summed E-state index contributed by atoms with van der Waals surface area (Å²) in [5.41, 5.74) is 16.7. The Kier molecular flexibility index (Phi) is 15.3. The molecular formula is C21H42N6O5. The van der Waals surface area contributed by atoms with E-state index >= 15 is 0 Å². The number of nitrogens with one attached hydrogen (secondary N) is 3. The first-order chi connectivity index (χ1) is 15.0. The number of nitrogens with two attached hydrogens (primary N) is 3. The zero-order chi connectivity index (χ0) is 24.7. The molecule has 0 fully saturated rings. The highest BCUT2D eigenvalue weighted by Crippen LogP contribution is 2.08. The smallest absolute Gasteiger partial charge is 0.326 e. The van der Waals surface area contributed by atoms with Crippen LogP contribution in [0.25, 0.3) is 0 Å². The zero-order valence-electron chi connectivity index (χ0n) is 19.6. The molecule has 0 aromatic heterocycles. The third kappa shape index (κ3) is 12.6. The standard InChI is InChI=1S/C21H42N6O5/c1-13(2)12-17(20(30)26-16(21(31)32)9-5-7-11-23)27-18(28)14(3)25-19(29)15(24)8-4-6-10-22/h13-17H,4-12,22-24H2,1-3H3,(H,25,29)(H,26,30)(H,27,28)(H,31,32). The lowest BCUT2D eigenvalue weighted by molar-refractivity contribution is -0.142. The van der Waals surface area contributed by atoms with E-state index in [2.05, 4.69) is 16.0 Å². The Labute approximate surface area is 190 Å². The van der Waals surface area contributed by atoms with Crippen LogP contribution < -0.4 is 33.2 Å². The molecule has 10 N–H and O–H groups in total. The van der Waals surface area contributed by atoms with Crippen molar-refractivity contribution in [2.45, 2.75) is 89.9 Å². The number of amides is 3. The fraction of sp³-hybridized carbons (Fsp3) is 0.810. The van der Waals surface area contributed by atoms with Gasteiger partial charge in [0.2, 0.25) is 17.7 Å². The Morgan fingerprint density at radius 1 is 0.750 bits per heavy atom. The Hall–Kier alpha value is -2.24. The first-order valence-electron chi connectivity index (χ1n) is 11.3. The summed E-state index contributed by atoms with van der Waals surface area (Å²) < 4.78 is 0. The summed E-state index contributed by atoms with van der Waals surface area (Å²) in [5, 5.41) is 17.1. The van der Waals surface area contributed by atoms with Crippen LogP contribution in [0.5, 0.6) is 0 Å². The average Bonchev–Trinajstić information content (AvgIpc) is 2.71. The molecule has 0 saturated heterocycles. The maximum Gasteiger partial charge on any atom is 0.326 e. The van der Waals surface area contributed by atoms with Gasteiger partial charge in [0.15, 0.2) is 0 Å². The molecule has 32 heavy (non-hydrogen) atoms. The quantitative estimate of drug-likeness (QED) is 0.137. The molecule has 0 rings (SSSR count). The fourth-order valence-corrected chi connectivity index (χ4v) is 3.05. The minimum atomic E-state index is -1.14. The number of carboxylic acids is 1. The molecule has 0 spiro atoms. The Morgan fingerprint density at radius 3 is 1.78 bits per heavy atom. The second kappa shape index (κ2) is 16.4. The summed E-state index contributed by atoms with van der Waals surface area (Å²) in [6, 6.07) is -3.66. The van der Waals surface area contributed by atoms with Crippen LogP contribution >= 0.6 is 0 Å². The van der Waals surface area contributed by atoms with Crippen LogP contribution in [0, 0.1) is 5.92 Å². The second-order valence-electron chi connectivity index (χ2n) is 8.50. The van der Waals surface area contributed by atoms with Gasteiger partial charge in [-0.15, -0.1) is 0 Å². The van der Waals surface area contributed by atoms with Gasteiger partial charge in [-0.25, -0.2) is 4.79 Å². The predicted octanol–water partition coefficient (Wildman–Crippen LogP) is -0.823. The summed E-state index contributed by atoms with van der Waals surface area (Å²) in [5.74, 6) is -2.67. The third-order valence-electron chi connectivity index (χ3n) is 4.96. The summed E-state index contributed by atoms with van der Waals surface area (Å²) in [6.07, 6.45) is 3.68. The molecular weight excluding hydrogens is 416 g/mol. The van der Waals surface area contributed by atoms with E-state index in [1.807, 2.05) is 13.8 Å². The van der Waals surface area contributed by atoms with Crippen molar-refractivity contribution < 1.29 is 24.3 Å². The fourth-order valence-electron chi connectivity index (χ4n) is 3.05. The largest absolute Gasteiger partial charge is 0.480 e. The maximum atomic E-state index is 12.7. The van der Waals surface area contributed by atoms with E-state index in [0.29, 0.717) is 45.2 Å². The number of aliphatic carboxylic acids is 1.